The number of halogens is 3. The Hall–Kier alpha value is -3.54. The molecular formula is C23H15F3N2O. The molecule has 2 aromatic carbocycles. The minimum absolute atomic E-state index is 0.122. The lowest BCUT2D eigenvalue weighted by atomic mass is 9.92. The molecule has 0 radical (unpaired) electrons. The van der Waals surface area contributed by atoms with Crippen LogP contribution in [0.5, 0.6) is 0 Å². The fourth-order valence-corrected chi connectivity index (χ4v) is 3.44. The van der Waals surface area contributed by atoms with Gasteiger partial charge in [-0.05, 0) is 35.2 Å². The number of pyridine rings is 2. The van der Waals surface area contributed by atoms with Crippen LogP contribution in [0, 0.1) is 0 Å². The molecule has 0 aliphatic rings. The number of hydrogen-bond acceptors (Lipinski definition) is 3. The zero-order valence-corrected chi connectivity index (χ0v) is 15.1. The maximum atomic E-state index is 13.5. The molecule has 29 heavy (non-hydrogen) atoms. The molecule has 0 amide bonds. The average Bonchev–Trinajstić information content (AvgIpc) is 2.73. The summed E-state index contributed by atoms with van der Waals surface area (Å²) in [5.41, 5.74) is 2.37. The summed E-state index contributed by atoms with van der Waals surface area (Å²) < 4.78 is 40.6. The van der Waals surface area contributed by atoms with Crippen molar-refractivity contribution in [2.75, 3.05) is 0 Å². The molecule has 4 aromatic rings. The molecule has 0 aliphatic heterocycles. The predicted octanol–water partition coefficient (Wildman–Crippen LogP) is 5.72. The molecule has 0 atom stereocenters. The summed E-state index contributed by atoms with van der Waals surface area (Å²) in [5, 5.41) is 0.373. The SMILES string of the molecule is O=Cc1cncc(-c2c(Cc3ccccc3)cnc3c(C(F)(F)F)cccc23)c1. The minimum Gasteiger partial charge on any atom is -0.298 e. The topological polar surface area (TPSA) is 42.9 Å². The van der Waals surface area contributed by atoms with Crippen LogP contribution >= 0.6 is 0 Å². The lowest BCUT2D eigenvalue weighted by Gasteiger charge is -2.16. The maximum Gasteiger partial charge on any atom is 0.418 e. The number of rotatable bonds is 4. The Balaban J connectivity index is 2.01. The van der Waals surface area contributed by atoms with Gasteiger partial charge in [0.25, 0.3) is 0 Å². The van der Waals surface area contributed by atoms with E-state index in [1.807, 2.05) is 30.3 Å². The molecule has 0 saturated carbocycles. The molecule has 0 N–H and O–H groups in total. The van der Waals surface area contributed by atoms with Crippen LogP contribution < -0.4 is 0 Å². The number of aromatic nitrogens is 2. The van der Waals surface area contributed by atoms with Gasteiger partial charge in [-0.1, -0.05) is 42.5 Å². The number of benzene rings is 2. The first-order chi connectivity index (χ1) is 14.0. The van der Waals surface area contributed by atoms with E-state index in [9.17, 15) is 18.0 Å². The number of aldehydes is 1. The predicted molar refractivity (Wildman–Crippen MR) is 105 cm³/mol. The van der Waals surface area contributed by atoms with E-state index in [1.54, 1.807) is 18.3 Å². The molecule has 144 valence electrons. The van der Waals surface area contributed by atoms with Crippen molar-refractivity contribution in [1.29, 1.82) is 0 Å². The van der Waals surface area contributed by atoms with Crippen LogP contribution in [0.15, 0.2) is 73.2 Å². The van der Waals surface area contributed by atoms with Gasteiger partial charge in [-0.15, -0.1) is 0 Å². The van der Waals surface area contributed by atoms with Crippen molar-refractivity contribution in [2.45, 2.75) is 12.6 Å². The number of carbonyl (C=O) groups is 1. The third kappa shape index (κ3) is 3.74. The van der Waals surface area contributed by atoms with E-state index in [-0.39, 0.29) is 5.52 Å². The molecular weight excluding hydrogens is 377 g/mol. The number of carbonyl (C=O) groups excluding carboxylic acids is 1. The molecule has 0 spiro atoms. The van der Waals surface area contributed by atoms with Gasteiger partial charge in [-0.25, -0.2) is 0 Å². The summed E-state index contributed by atoms with van der Waals surface area (Å²) in [5.74, 6) is 0. The van der Waals surface area contributed by atoms with Crippen molar-refractivity contribution < 1.29 is 18.0 Å². The first kappa shape index (κ1) is 18.8. The molecule has 0 aliphatic carbocycles. The number of alkyl halides is 3. The molecule has 2 heterocycles. The molecule has 0 bridgehead atoms. The van der Waals surface area contributed by atoms with Crippen molar-refractivity contribution in [3.8, 4) is 11.1 Å². The Morgan fingerprint density at radius 3 is 2.45 bits per heavy atom. The monoisotopic (exact) mass is 392 g/mol. The summed E-state index contributed by atoms with van der Waals surface area (Å²) >= 11 is 0. The zero-order chi connectivity index (χ0) is 20.4. The number of fused-ring (bicyclic) bond motifs is 1. The molecule has 4 rings (SSSR count). The van der Waals surface area contributed by atoms with Crippen molar-refractivity contribution in [3.05, 3.63) is 95.4 Å². The van der Waals surface area contributed by atoms with Gasteiger partial charge < -0.3 is 0 Å². The van der Waals surface area contributed by atoms with Gasteiger partial charge in [0.05, 0.1) is 11.1 Å². The Morgan fingerprint density at radius 2 is 1.72 bits per heavy atom. The van der Waals surface area contributed by atoms with E-state index in [4.69, 9.17) is 0 Å². The highest BCUT2D eigenvalue weighted by Crippen LogP contribution is 2.38. The lowest BCUT2D eigenvalue weighted by Crippen LogP contribution is -2.07. The fourth-order valence-electron chi connectivity index (χ4n) is 3.44. The Kier molecular flexibility index (Phi) is 4.84. The minimum atomic E-state index is -4.52. The third-order valence-corrected chi connectivity index (χ3v) is 4.70. The van der Waals surface area contributed by atoms with Gasteiger partial charge in [-0.3, -0.25) is 14.8 Å². The van der Waals surface area contributed by atoms with E-state index in [0.717, 1.165) is 17.2 Å². The summed E-state index contributed by atoms with van der Waals surface area (Å²) in [6, 6.07) is 15.2. The Bertz CT molecular complexity index is 1190. The second kappa shape index (κ2) is 7.47. The fraction of sp³-hybridized carbons (Fsp3) is 0.0870. The molecule has 2 aromatic heterocycles. The zero-order valence-electron chi connectivity index (χ0n) is 15.1. The molecule has 0 saturated heterocycles. The number of para-hydroxylation sites is 1. The van der Waals surface area contributed by atoms with Crippen LogP contribution in [0.4, 0.5) is 13.2 Å². The standard InChI is InChI=1S/C23H15F3N2O/c24-23(25,26)20-8-4-7-19-21(17-10-16(14-29)11-27-12-17)18(13-28-22(19)20)9-15-5-2-1-3-6-15/h1-8,10-14H,9H2. The highest BCUT2D eigenvalue weighted by atomic mass is 19.4. The highest BCUT2D eigenvalue weighted by Gasteiger charge is 2.33. The molecule has 3 nitrogen and oxygen atoms in total. The van der Waals surface area contributed by atoms with E-state index in [1.165, 1.54) is 18.5 Å². The first-order valence-corrected chi connectivity index (χ1v) is 8.89. The first-order valence-electron chi connectivity index (χ1n) is 8.89. The van der Waals surface area contributed by atoms with Gasteiger partial charge in [0.2, 0.25) is 0 Å². The summed E-state index contributed by atoms with van der Waals surface area (Å²) in [4.78, 5) is 19.5. The molecule has 6 heteroatoms. The van der Waals surface area contributed by atoms with Gasteiger partial charge in [-0.2, -0.15) is 13.2 Å². The van der Waals surface area contributed by atoms with E-state index in [0.29, 0.717) is 34.8 Å². The second-order valence-corrected chi connectivity index (χ2v) is 6.65. The maximum absolute atomic E-state index is 13.5. The largest absolute Gasteiger partial charge is 0.418 e. The smallest absolute Gasteiger partial charge is 0.298 e. The van der Waals surface area contributed by atoms with Crippen molar-refractivity contribution in [2.24, 2.45) is 0 Å². The van der Waals surface area contributed by atoms with Crippen molar-refractivity contribution in [1.82, 2.24) is 9.97 Å². The lowest BCUT2D eigenvalue weighted by molar-refractivity contribution is -0.136. The molecule has 0 fully saturated rings. The number of hydrogen-bond donors (Lipinski definition) is 0. The van der Waals surface area contributed by atoms with Crippen LogP contribution in [0.25, 0.3) is 22.0 Å². The van der Waals surface area contributed by atoms with Crippen LogP contribution in [0.3, 0.4) is 0 Å². The second-order valence-electron chi connectivity index (χ2n) is 6.65. The average molecular weight is 392 g/mol. The van der Waals surface area contributed by atoms with Crippen molar-refractivity contribution in [3.63, 3.8) is 0 Å². The van der Waals surface area contributed by atoms with Crippen LogP contribution in [0.2, 0.25) is 0 Å². The summed E-state index contributed by atoms with van der Waals surface area (Å²) in [7, 11) is 0. The normalized spacial score (nSPS) is 11.6. The van der Waals surface area contributed by atoms with Crippen LogP contribution in [0.1, 0.15) is 27.0 Å². The van der Waals surface area contributed by atoms with Crippen molar-refractivity contribution >= 4 is 17.2 Å². The van der Waals surface area contributed by atoms with Gasteiger partial charge in [0.1, 0.15) is 0 Å². The Labute approximate surface area is 164 Å². The Morgan fingerprint density at radius 1 is 0.931 bits per heavy atom. The van der Waals surface area contributed by atoms with E-state index >= 15 is 0 Å². The summed E-state index contributed by atoms with van der Waals surface area (Å²) in [6.07, 6.45) is 1.08. The molecule has 0 unspecified atom stereocenters. The van der Waals surface area contributed by atoms with E-state index < -0.39 is 11.7 Å². The summed E-state index contributed by atoms with van der Waals surface area (Å²) in [6.45, 7) is 0. The van der Waals surface area contributed by atoms with Crippen LogP contribution in [-0.2, 0) is 12.6 Å². The quantitative estimate of drug-likeness (QED) is 0.417. The third-order valence-electron chi connectivity index (χ3n) is 4.70. The van der Waals surface area contributed by atoms with Gasteiger partial charge in [0.15, 0.2) is 6.29 Å². The highest BCUT2D eigenvalue weighted by molar-refractivity contribution is 5.98. The van der Waals surface area contributed by atoms with Crippen LogP contribution in [-0.4, -0.2) is 16.3 Å². The van der Waals surface area contributed by atoms with E-state index in [2.05, 4.69) is 9.97 Å². The van der Waals surface area contributed by atoms with Gasteiger partial charge >= 0.3 is 6.18 Å². The number of nitrogens with zero attached hydrogens (tertiary/aromatic N) is 2. The van der Waals surface area contributed by atoms with Gasteiger partial charge in [0, 0.05) is 35.1 Å².